The lowest BCUT2D eigenvalue weighted by atomic mass is 9.95. The van der Waals surface area contributed by atoms with E-state index in [9.17, 15) is 9.90 Å². The van der Waals surface area contributed by atoms with Gasteiger partial charge in [0, 0.05) is 11.1 Å². The smallest absolute Gasteiger partial charge is 0.225 e. The van der Waals surface area contributed by atoms with Gasteiger partial charge in [0.15, 0.2) is 0 Å². The molecule has 0 bridgehead atoms. The highest BCUT2D eigenvalue weighted by Crippen LogP contribution is 2.39. The quantitative estimate of drug-likeness (QED) is 0.892. The standard InChI is InChI=1S/C19H24N2O2/c1-12-15-6-4-5-7-17(15)20-13(2)16(12)10-18(23)21-19(3,11-22)14-8-9-14/h4-7,14,22H,8-11H2,1-3H3,(H,21,23)/t19-/m0/s1. The van der Waals surface area contributed by atoms with Crippen molar-refractivity contribution in [1.82, 2.24) is 10.3 Å². The minimum Gasteiger partial charge on any atom is -0.394 e. The predicted molar refractivity (Wildman–Crippen MR) is 91.3 cm³/mol. The van der Waals surface area contributed by atoms with Crippen molar-refractivity contribution in [1.29, 1.82) is 0 Å². The molecule has 0 aliphatic heterocycles. The van der Waals surface area contributed by atoms with Crippen LogP contribution in [0.5, 0.6) is 0 Å². The third-order valence-electron chi connectivity index (χ3n) is 5.05. The van der Waals surface area contributed by atoms with Crippen LogP contribution in [0.25, 0.3) is 10.9 Å². The Labute approximate surface area is 136 Å². The number of aliphatic hydroxyl groups is 1. The first-order valence-corrected chi connectivity index (χ1v) is 8.21. The molecule has 1 heterocycles. The number of pyridine rings is 1. The molecule has 0 spiro atoms. The molecule has 1 saturated carbocycles. The van der Waals surface area contributed by atoms with E-state index in [0.717, 1.165) is 40.6 Å². The van der Waals surface area contributed by atoms with Crippen LogP contribution in [0.15, 0.2) is 24.3 Å². The fraction of sp³-hybridized carbons (Fsp3) is 0.474. The van der Waals surface area contributed by atoms with Crippen molar-refractivity contribution in [2.45, 2.75) is 45.6 Å². The molecule has 3 rings (SSSR count). The zero-order valence-electron chi connectivity index (χ0n) is 14.0. The number of hydrogen-bond donors (Lipinski definition) is 2. The molecule has 1 fully saturated rings. The number of carbonyl (C=O) groups excluding carboxylic acids is 1. The molecule has 2 N–H and O–H groups in total. The minimum absolute atomic E-state index is 0.0165. The third-order valence-corrected chi connectivity index (χ3v) is 5.05. The summed E-state index contributed by atoms with van der Waals surface area (Å²) in [5.74, 6) is 0.352. The Morgan fingerprint density at radius 1 is 1.35 bits per heavy atom. The Hall–Kier alpha value is -1.94. The van der Waals surface area contributed by atoms with Gasteiger partial charge in [0.1, 0.15) is 0 Å². The summed E-state index contributed by atoms with van der Waals surface area (Å²) < 4.78 is 0. The fourth-order valence-corrected chi connectivity index (χ4v) is 3.35. The number of benzene rings is 1. The summed E-state index contributed by atoms with van der Waals surface area (Å²) in [4.78, 5) is 17.1. The number of para-hydroxylation sites is 1. The maximum absolute atomic E-state index is 12.5. The molecule has 0 saturated heterocycles. The van der Waals surface area contributed by atoms with Crippen LogP contribution >= 0.6 is 0 Å². The lowest BCUT2D eigenvalue weighted by Crippen LogP contribution is -2.51. The molecule has 1 aromatic carbocycles. The van der Waals surface area contributed by atoms with E-state index < -0.39 is 5.54 Å². The van der Waals surface area contributed by atoms with Gasteiger partial charge in [-0.05, 0) is 56.7 Å². The molecule has 1 aliphatic rings. The SMILES string of the molecule is Cc1nc2ccccc2c(C)c1CC(=O)N[C@@](C)(CO)C1CC1. The summed E-state index contributed by atoms with van der Waals surface area (Å²) in [5, 5.41) is 13.8. The maximum atomic E-state index is 12.5. The van der Waals surface area contributed by atoms with Gasteiger partial charge in [0.2, 0.25) is 5.91 Å². The molecule has 23 heavy (non-hydrogen) atoms. The molecule has 122 valence electrons. The summed E-state index contributed by atoms with van der Waals surface area (Å²) in [5.41, 5.74) is 3.46. The van der Waals surface area contributed by atoms with E-state index in [0.29, 0.717) is 12.3 Å². The number of aliphatic hydroxyl groups excluding tert-OH is 1. The summed E-state index contributed by atoms with van der Waals surface area (Å²) in [6.07, 6.45) is 2.46. The molecule has 0 unspecified atom stereocenters. The molecule has 2 aromatic rings. The summed E-state index contributed by atoms with van der Waals surface area (Å²) in [6.45, 7) is 5.91. The Bertz CT molecular complexity index is 752. The Balaban J connectivity index is 1.85. The lowest BCUT2D eigenvalue weighted by Gasteiger charge is -2.29. The highest BCUT2D eigenvalue weighted by molar-refractivity contribution is 5.86. The number of carbonyl (C=O) groups is 1. The second kappa shape index (κ2) is 5.93. The van der Waals surface area contributed by atoms with Crippen LogP contribution < -0.4 is 5.32 Å². The van der Waals surface area contributed by atoms with Gasteiger partial charge in [-0.1, -0.05) is 18.2 Å². The molecule has 1 atom stereocenters. The van der Waals surface area contributed by atoms with E-state index in [1.54, 1.807) is 0 Å². The molecular formula is C19H24N2O2. The van der Waals surface area contributed by atoms with Crippen LogP contribution in [0, 0.1) is 19.8 Å². The molecule has 1 amide bonds. The zero-order valence-corrected chi connectivity index (χ0v) is 14.0. The van der Waals surface area contributed by atoms with Gasteiger partial charge in [-0.25, -0.2) is 0 Å². The first kappa shape index (κ1) is 15.9. The monoisotopic (exact) mass is 312 g/mol. The van der Waals surface area contributed by atoms with Crippen molar-refractivity contribution >= 4 is 16.8 Å². The molecular weight excluding hydrogens is 288 g/mol. The van der Waals surface area contributed by atoms with Gasteiger partial charge in [-0.2, -0.15) is 0 Å². The number of fused-ring (bicyclic) bond motifs is 1. The third kappa shape index (κ3) is 3.08. The van der Waals surface area contributed by atoms with Crippen LogP contribution in [0.4, 0.5) is 0 Å². The average molecular weight is 312 g/mol. The number of hydrogen-bond acceptors (Lipinski definition) is 3. The molecule has 1 aliphatic carbocycles. The van der Waals surface area contributed by atoms with Gasteiger partial charge < -0.3 is 10.4 Å². The van der Waals surface area contributed by atoms with Crippen molar-refractivity contribution in [3.63, 3.8) is 0 Å². The van der Waals surface area contributed by atoms with Crippen LogP contribution in [0.2, 0.25) is 0 Å². The van der Waals surface area contributed by atoms with Crippen molar-refractivity contribution < 1.29 is 9.90 Å². The summed E-state index contributed by atoms with van der Waals surface area (Å²) >= 11 is 0. The lowest BCUT2D eigenvalue weighted by molar-refractivity contribution is -0.123. The number of amides is 1. The van der Waals surface area contributed by atoms with E-state index in [1.807, 2.05) is 45.0 Å². The Morgan fingerprint density at radius 2 is 2.04 bits per heavy atom. The van der Waals surface area contributed by atoms with Gasteiger partial charge in [0.05, 0.1) is 24.1 Å². The van der Waals surface area contributed by atoms with Crippen LogP contribution in [-0.4, -0.2) is 28.1 Å². The zero-order chi connectivity index (χ0) is 16.6. The van der Waals surface area contributed by atoms with Gasteiger partial charge in [0.25, 0.3) is 0 Å². The van der Waals surface area contributed by atoms with Crippen LogP contribution in [0.1, 0.15) is 36.6 Å². The first-order chi connectivity index (χ1) is 10.9. The van der Waals surface area contributed by atoms with E-state index in [-0.39, 0.29) is 12.5 Å². The van der Waals surface area contributed by atoms with Crippen molar-refractivity contribution in [2.75, 3.05) is 6.61 Å². The number of nitrogens with zero attached hydrogens (tertiary/aromatic N) is 1. The van der Waals surface area contributed by atoms with E-state index >= 15 is 0 Å². The average Bonchev–Trinajstić information content (AvgIpc) is 3.36. The second-order valence-electron chi connectivity index (χ2n) is 6.89. The molecule has 1 aromatic heterocycles. The minimum atomic E-state index is -0.497. The fourth-order valence-electron chi connectivity index (χ4n) is 3.35. The number of rotatable bonds is 5. The summed E-state index contributed by atoms with van der Waals surface area (Å²) in [7, 11) is 0. The first-order valence-electron chi connectivity index (χ1n) is 8.21. The van der Waals surface area contributed by atoms with Crippen molar-refractivity contribution in [2.24, 2.45) is 5.92 Å². The number of nitrogens with one attached hydrogen (secondary N) is 1. The number of aryl methyl sites for hydroxylation is 2. The van der Waals surface area contributed by atoms with E-state index in [4.69, 9.17) is 0 Å². The predicted octanol–water partition coefficient (Wildman–Crippen LogP) is 2.67. The normalized spacial score (nSPS) is 17.0. The van der Waals surface area contributed by atoms with Gasteiger partial charge >= 0.3 is 0 Å². The van der Waals surface area contributed by atoms with Crippen LogP contribution in [0.3, 0.4) is 0 Å². The summed E-state index contributed by atoms with van der Waals surface area (Å²) in [6, 6.07) is 8.00. The highest BCUT2D eigenvalue weighted by Gasteiger charge is 2.42. The maximum Gasteiger partial charge on any atom is 0.225 e. The largest absolute Gasteiger partial charge is 0.394 e. The topological polar surface area (TPSA) is 62.2 Å². The van der Waals surface area contributed by atoms with Crippen molar-refractivity contribution in [3.8, 4) is 0 Å². The van der Waals surface area contributed by atoms with Gasteiger partial charge in [-0.3, -0.25) is 9.78 Å². The molecule has 4 nitrogen and oxygen atoms in total. The Morgan fingerprint density at radius 3 is 2.70 bits per heavy atom. The molecule has 4 heteroatoms. The van der Waals surface area contributed by atoms with Crippen molar-refractivity contribution in [3.05, 3.63) is 41.1 Å². The highest BCUT2D eigenvalue weighted by atomic mass is 16.3. The Kier molecular flexibility index (Phi) is 4.11. The van der Waals surface area contributed by atoms with Gasteiger partial charge in [-0.15, -0.1) is 0 Å². The van der Waals surface area contributed by atoms with E-state index in [2.05, 4.69) is 10.3 Å². The van der Waals surface area contributed by atoms with E-state index in [1.165, 1.54) is 0 Å². The van der Waals surface area contributed by atoms with Crippen LogP contribution in [-0.2, 0) is 11.2 Å². The second-order valence-corrected chi connectivity index (χ2v) is 6.89. The molecule has 0 radical (unpaired) electrons. The number of aromatic nitrogens is 1.